The molecule has 1 aliphatic carbocycles. The summed E-state index contributed by atoms with van der Waals surface area (Å²) >= 11 is 6.30. The molecule has 0 aromatic heterocycles. The third-order valence-electron chi connectivity index (χ3n) is 2.10. The molecule has 1 aliphatic rings. The topological polar surface area (TPSA) is 0 Å². The molecule has 0 N–H and O–H groups in total. The highest BCUT2D eigenvalue weighted by atomic mass is 32.2. The third-order valence-corrected chi connectivity index (χ3v) is 3.61. The molecule has 1 rings (SSSR count). The molecule has 58 valence electrons. The van der Waals surface area contributed by atoms with Gasteiger partial charge in [-0.25, -0.2) is 0 Å². The van der Waals surface area contributed by atoms with Crippen molar-refractivity contribution in [2.45, 2.75) is 26.2 Å². The van der Waals surface area contributed by atoms with Crippen molar-refractivity contribution in [2.24, 2.45) is 5.92 Å². The molecule has 0 radical (unpaired) electrons. The summed E-state index contributed by atoms with van der Waals surface area (Å²) < 4.78 is 0. The average Bonchev–Trinajstić information content (AvgIpc) is 2.30. The number of allylic oxidation sites excluding steroid dienone is 2. The second kappa shape index (κ2) is 3.72. The summed E-state index contributed by atoms with van der Waals surface area (Å²) in [4.78, 5) is 2.84. The molecule has 0 aromatic rings. The molecule has 0 saturated heterocycles. The van der Waals surface area contributed by atoms with Crippen molar-refractivity contribution in [3.8, 4) is 0 Å². The fourth-order valence-electron chi connectivity index (χ4n) is 1.33. The molecule has 0 amide bonds. The highest BCUT2D eigenvalue weighted by Gasteiger charge is 2.19. The first-order valence-corrected chi connectivity index (χ1v) is 5.40. The lowest BCUT2D eigenvalue weighted by molar-refractivity contribution is 0.547. The minimum absolute atomic E-state index is 0.884. The van der Waals surface area contributed by atoms with Gasteiger partial charge in [0.1, 0.15) is 0 Å². The van der Waals surface area contributed by atoms with E-state index in [9.17, 15) is 0 Å². The maximum Gasteiger partial charge on any atom is -0.00596 e. The van der Waals surface area contributed by atoms with Crippen molar-refractivity contribution in [1.29, 1.82) is 0 Å². The van der Waals surface area contributed by atoms with Crippen LogP contribution in [0.1, 0.15) is 26.2 Å². The minimum atomic E-state index is 0.884. The monoisotopic (exact) mass is 174 g/mol. The summed E-state index contributed by atoms with van der Waals surface area (Å²) in [5.74, 6) is 0.884. The lowest BCUT2D eigenvalue weighted by Crippen LogP contribution is -1.89. The molecule has 0 nitrogen and oxygen atoms in total. The van der Waals surface area contributed by atoms with Gasteiger partial charge in [-0.05, 0) is 34.8 Å². The van der Waals surface area contributed by atoms with Gasteiger partial charge in [0.05, 0.1) is 0 Å². The fraction of sp³-hybridized carbons (Fsp3) is 0.750. The minimum Gasteiger partial charge on any atom is -0.147 e. The van der Waals surface area contributed by atoms with Crippen LogP contribution in [0.5, 0.6) is 0 Å². The van der Waals surface area contributed by atoms with Crippen LogP contribution in [0.15, 0.2) is 9.81 Å². The molecular weight excluding hydrogens is 160 g/mol. The molecule has 0 fully saturated rings. The van der Waals surface area contributed by atoms with Crippen molar-refractivity contribution in [2.75, 3.05) is 6.26 Å². The zero-order valence-electron chi connectivity index (χ0n) is 6.55. The van der Waals surface area contributed by atoms with E-state index in [0.717, 1.165) is 5.92 Å². The predicted octanol–water partition coefficient (Wildman–Crippen LogP) is 3.31. The summed E-state index contributed by atoms with van der Waals surface area (Å²) in [6.07, 6.45) is 5.93. The molecule has 2 heteroatoms. The third kappa shape index (κ3) is 1.73. The summed E-state index contributed by atoms with van der Waals surface area (Å²) in [7, 11) is 0. The van der Waals surface area contributed by atoms with E-state index in [4.69, 9.17) is 0 Å². The number of rotatable bonds is 2. The lowest BCUT2D eigenvalue weighted by Gasteiger charge is -2.03. The van der Waals surface area contributed by atoms with E-state index < -0.39 is 0 Å². The van der Waals surface area contributed by atoms with Crippen LogP contribution < -0.4 is 0 Å². The van der Waals surface area contributed by atoms with Crippen LogP contribution in [-0.4, -0.2) is 6.26 Å². The molecule has 0 aliphatic heterocycles. The van der Waals surface area contributed by atoms with E-state index in [0.29, 0.717) is 0 Å². The molecular formula is C8H14S2. The van der Waals surface area contributed by atoms with Gasteiger partial charge in [0, 0.05) is 0 Å². The quantitative estimate of drug-likeness (QED) is 0.627. The van der Waals surface area contributed by atoms with E-state index >= 15 is 0 Å². The second-order valence-electron chi connectivity index (χ2n) is 2.76. The molecule has 1 atom stereocenters. The van der Waals surface area contributed by atoms with Gasteiger partial charge in [-0.1, -0.05) is 13.3 Å². The van der Waals surface area contributed by atoms with Crippen LogP contribution in [0.4, 0.5) is 0 Å². The first-order valence-electron chi connectivity index (χ1n) is 3.72. The Morgan fingerprint density at radius 3 is 2.60 bits per heavy atom. The van der Waals surface area contributed by atoms with Gasteiger partial charge in [0.15, 0.2) is 0 Å². The average molecular weight is 174 g/mol. The highest BCUT2D eigenvalue weighted by Crippen LogP contribution is 2.39. The first kappa shape index (κ1) is 8.54. The summed E-state index contributed by atoms with van der Waals surface area (Å²) in [6, 6.07) is 0. The summed E-state index contributed by atoms with van der Waals surface area (Å²) in [5.41, 5.74) is 0. The lowest BCUT2D eigenvalue weighted by atomic mass is 10.1. The Bertz CT molecular complexity index is 149. The maximum atomic E-state index is 4.44. The van der Waals surface area contributed by atoms with Gasteiger partial charge in [0.25, 0.3) is 0 Å². The summed E-state index contributed by atoms with van der Waals surface area (Å²) in [5, 5.41) is 0. The van der Waals surface area contributed by atoms with Crippen LogP contribution in [-0.2, 0) is 0 Å². The molecule has 10 heavy (non-hydrogen) atoms. The van der Waals surface area contributed by atoms with Crippen molar-refractivity contribution in [1.82, 2.24) is 0 Å². The molecule has 1 unspecified atom stereocenters. The highest BCUT2D eigenvalue weighted by molar-refractivity contribution is 8.03. The number of hydrogen-bond donors (Lipinski definition) is 1. The van der Waals surface area contributed by atoms with E-state index in [1.54, 1.807) is 0 Å². The van der Waals surface area contributed by atoms with Gasteiger partial charge < -0.3 is 0 Å². The Labute approximate surface area is 72.9 Å². The summed E-state index contributed by atoms with van der Waals surface area (Å²) in [6.45, 7) is 2.26. The molecule has 0 aromatic carbocycles. The van der Waals surface area contributed by atoms with Crippen LogP contribution >= 0.6 is 24.4 Å². The molecule has 0 spiro atoms. The van der Waals surface area contributed by atoms with Gasteiger partial charge in [-0.2, -0.15) is 0 Å². The molecule has 0 saturated carbocycles. The fourth-order valence-corrected chi connectivity index (χ4v) is 2.67. The second-order valence-corrected chi connectivity index (χ2v) is 4.20. The number of thiol groups is 1. The number of hydrogen-bond acceptors (Lipinski definition) is 2. The largest absolute Gasteiger partial charge is 0.147 e. The van der Waals surface area contributed by atoms with Crippen molar-refractivity contribution in [3.05, 3.63) is 9.81 Å². The van der Waals surface area contributed by atoms with Crippen LogP contribution in [0.3, 0.4) is 0 Å². The molecule has 0 bridgehead atoms. The Balaban J connectivity index is 2.50. The zero-order chi connectivity index (χ0) is 7.56. The van der Waals surface area contributed by atoms with Crippen molar-refractivity contribution < 1.29 is 0 Å². The van der Waals surface area contributed by atoms with Crippen LogP contribution in [0.2, 0.25) is 0 Å². The van der Waals surface area contributed by atoms with E-state index in [-0.39, 0.29) is 0 Å². The normalized spacial score (nSPS) is 26.1. The van der Waals surface area contributed by atoms with Gasteiger partial charge in [-0.15, -0.1) is 24.4 Å². The van der Waals surface area contributed by atoms with Gasteiger partial charge in [-0.3, -0.25) is 0 Å². The SMILES string of the molecule is CCC1CC(S)=C(SC)C1. The smallest absolute Gasteiger partial charge is 0.00596 e. The van der Waals surface area contributed by atoms with Crippen LogP contribution in [0.25, 0.3) is 0 Å². The zero-order valence-corrected chi connectivity index (χ0v) is 8.27. The predicted molar refractivity (Wildman–Crippen MR) is 52.5 cm³/mol. The van der Waals surface area contributed by atoms with E-state index in [2.05, 4.69) is 25.8 Å². The Morgan fingerprint density at radius 1 is 1.60 bits per heavy atom. The van der Waals surface area contributed by atoms with Crippen molar-refractivity contribution >= 4 is 24.4 Å². The first-order chi connectivity index (χ1) is 4.77. The van der Waals surface area contributed by atoms with Crippen LogP contribution in [0, 0.1) is 5.92 Å². The molecule has 0 heterocycles. The Morgan fingerprint density at radius 2 is 2.30 bits per heavy atom. The Kier molecular flexibility index (Phi) is 3.18. The van der Waals surface area contributed by atoms with E-state index in [1.807, 2.05) is 11.8 Å². The van der Waals surface area contributed by atoms with Gasteiger partial charge >= 0.3 is 0 Å². The maximum absolute atomic E-state index is 4.44. The Hall–Kier alpha value is 0.440. The van der Waals surface area contributed by atoms with Gasteiger partial charge in [0.2, 0.25) is 0 Å². The number of thioether (sulfide) groups is 1. The van der Waals surface area contributed by atoms with E-state index in [1.165, 1.54) is 29.1 Å². The van der Waals surface area contributed by atoms with Crippen molar-refractivity contribution in [3.63, 3.8) is 0 Å². The standard InChI is InChI=1S/C8H14S2/c1-3-6-4-7(9)8(5-6)10-2/h6,9H,3-5H2,1-2H3.